The van der Waals surface area contributed by atoms with Gasteiger partial charge in [0.25, 0.3) is 0 Å². The summed E-state index contributed by atoms with van der Waals surface area (Å²) >= 11 is 0. The van der Waals surface area contributed by atoms with Gasteiger partial charge in [-0.3, -0.25) is 0 Å². The van der Waals surface area contributed by atoms with Gasteiger partial charge in [-0.15, -0.1) is 0 Å². The molecule has 3 aromatic rings. The lowest BCUT2D eigenvalue weighted by Gasteiger charge is -2.22. The van der Waals surface area contributed by atoms with E-state index in [0.29, 0.717) is 19.2 Å². The van der Waals surface area contributed by atoms with E-state index < -0.39 is 0 Å². The molecule has 1 unspecified atom stereocenters. The summed E-state index contributed by atoms with van der Waals surface area (Å²) in [6.45, 7) is 1.86. The molecule has 3 aromatic heterocycles. The van der Waals surface area contributed by atoms with E-state index in [0.717, 1.165) is 60.6 Å². The standard InChI is InChI=1S/C20H24N6O3/c1-27-17-6-5-14(10-21-17)19-16-7-9-28-13-22-20(16)26(24-19)15-11-23-25(12-15)18-4-2-3-8-29-18/h5-6,10-12,18,22H,2-4,7-9,13H2,1H3. The third kappa shape index (κ3) is 3.47. The van der Waals surface area contributed by atoms with Gasteiger partial charge in [-0.1, -0.05) is 0 Å². The van der Waals surface area contributed by atoms with E-state index in [2.05, 4.69) is 15.4 Å². The van der Waals surface area contributed by atoms with Crippen LogP contribution in [0.3, 0.4) is 0 Å². The Kier molecular flexibility index (Phi) is 4.91. The molecule has 2 aliphatic heterocycles. The molecular formula is C20H24N6O3. The maximum atomic E-state index is 5.86. The smallest absolute Gasteiger partial charge is 0.212 e. The second-order valence-electron chi connectivity index (χ2n) is 7.16. The monoisotopic (exact) mass is 396 g/mol. The van der Waals surface area contributed by atoms with Gasteiger partial charge in [0.05, 0.1) is 31.8 Å². The number of methoxy groups -OCH3 is 1. The summed E-state index contributed by atoms with van der Waals surface area (Å²) in [6.07, 6.45) is 9.62. The zero-order valence-electron chi connectivity index (χ0n) is 16.4. The molecule has 29 heavy (non-hydrogen) atoms. The van der Waals surface area contributed by atoms with Crippen molar-refractivity contribution in [2.24, 2.45) is 0 Å². The number of hydrogen-bond acceptors (Lipinski definition) is 7. The Labute approximate surface area is 168 Å². The zero-order valence-corrected chi connectivity index (χ0v) is 16.4. The number of anilines is 1. The van der Waals surface area contributed by atoms with Crippen LogP contribution in [0.25, 0.3) is 16.9 Å². The van der Waals surface area contributed by atoms with Crippen LogP contribution in [-0.4, -0.2) is 51.6 Å². The molecular weight excluding hydrogens is 372 g/mol. The van der Waals surface area contributed by atoms with Crippen molar-refractivity contribution >= 4 is 5.82 Å². The fourth-order valence-corrected chi connectivity index (χ4v) is 3.82. The minimum Gasteiger partial charge on any atom is -0.481 e. The van der Waals surface area contributed by atoms with Gasteiger partial charge in [-0.2, -0.15) is 10.2 Å². The summed E-state index contributed by atoms with van der Waals surface area (Å²) in [5, 5.41) is 12.8. The maximum Gasteiger partial charge on any atom is 0.212 e. The Morgan fingerprint density at radius 2 is 2.17 bits per heavy atom. The van der Waals surface area contributed by atoms with E-state index in [1.807, 2.05) is 33.9 Å². The first-order valence-corrected chi connectivity index (χ1v) is 9.93. The first-order valence-electron chi connectivity index (χ1n) is 9.93. The fourth-order valence-electron chi connectivity index (χ4n) is 3.82. The van der Waals surface area contributed by atoms with E-state index in [9.17, 15) is 0 Å². The van der Waals surface area contributed by atoms with Crippen LogP contribution in [0.5, 0.6) is 5.88 Å². The van der Waals surface area contributed by atoms with Gasteiger partial charge < -0.3 is 19.5 Å². The summed E-state index contributed by atoms with van der Waals surface area (Å²) in [6, 6.07) is 3.82. The van der Waals surface area contributed by atoms with Crippen molar-refractivity contribution in [1.82, 2.24) is 24.5 Å². The van der Waals surface area contributed by atoms with Gasteiger partial charge in [0.15, 0.2) is 0 Å². The molecule has 1 fully saturated rings. The first-order chi connectivity index (χ1) is 14.3. The third-order valence-corrected chi connectivity index (χ3v) is 5.32. The van der Waals surface area contributed by atoms with E-state index in [1.165, 1.54) is 0 Å². The predicted molar refractivity (Wildman–Crippen MR) is 106 cm³/mol. The number of nitrogens with one attached hydrogen (secondary N) is 1. The second-order valence-corrected chi connectivity index (χ2v) is 7.16. The Morgan fingerprint density at radius 3 is 2.97 bits per heavy atom. The fraction of sp³-hybridized carbons (Fsp3) is 0.450. The quantitative estimate of drug-likeness (QED) is 0.725. The van der Waals surface area contributed by atoms with Crippen LogP contribution < -0.4 is 10.1 Å². The normalized spacial score (nSPS) is 19.3. The van der Waals surface area contributed by atoms with Crippen molar-refractivity contribution in [1.29, 1.82) is 0 Å². The predicted octanol–water partition coefficient (Wildman–Crippen LogP) is 2.78. The van der Waals surface area contributed by atoms with Crippen LogP contribution in [-0.2, 0) is 15.9 Å². The van der Waals surface area contributed by atoms with Gasteiger partial charge in [-0.05, 0) is 25.3 Å². The Hall–Kier alpha value is -2.91. The van der Waals surface area contributed by atoms with Crippen molar-refractivity contribution < 1.29 is 14.2 Å². The molecule has 0 saturated carbocycles. The summed E-state index contributed by atoms with van der Waals surface area (Å²) in [7, 11) is 1.61. The Morgan fingerprint density at radius 1 is 1.21 bits per heavy atom. The Bertz CT molecular complexity index is 975. The minimum atomic E-state index is -0.00628. The third-order valence-electron chi connectivity index (χ3n) is 5.32. The number of pyridine rings is 1. The molecule has 5 heterocycles. The van der Waals surface area contributed by atoms with E-state index in [4.69, 9.17) is 19.3 Å². The van der Waals surface area contributed by atoms with Crippen molar-refractivity contribution in [2.75, 3.05) is 32.4 Å². The SMILES string of the molecule is COc1ccc(-c2nn(-c3cnn(C4CCCCO4)c3)c3c2CCOCN3)cn1. The van der Waals surface area contributed by atoms with Crippen LogP contribution in [0.4, 0.5) is 5.82 Å². The van der Waals surface area contributed by atoms with Crippen LogP contribution in [0.15, 0.2) is 30.7 Å². The lowest BCUT2D eigenvalue weighted by Crippen LogP contribution is -2.18. The number of rotatable bonds is 4. The van der Waals surface area contributed by atoms with E-state index in [1.54, 1.807) is 13.3 Å². The highest BCUT2D eigenvalue weighted by Crippen LogP contribution is 2.33. The number of hydrogen-bond donors (Lipinski definition) is 1. The largest absolute Gasteiger partial charge is 0.481 e. The highest BCUT2D eigenvalue weighted by Gasteiger charge is 2.24. The van der Waals surface area contributed by atoms with Gasteiger partial charge in [-0.25, -0.2) is 14.3 Å². The Balaban J connectivity index is 1.54. The molecule has 1 atom stereocenters. The van der Waals surface area contributed by atoms with Gasteiger partial charge in [0.2, 0.25) is 5.88 Å². The lowest BCUT2D eigenvalue weighted by molar-refractivity contribution is -0.0394. The molecule has 152 valence electrons. The minimum absolute atomic E-state index is 0.00628. The second kappa shape index (κ2) is 7.84. The average Bonchev–Trinajstić information content (AvgIpc) is 3.32. The summed E-state index contributed by atoms with van der Waals surface area (Å²) < 4.78 is 20.5. The molecule has 1 saturated heterocycles. The molecule has 0 bridgehead atoms. The van der Waals surface area contributed by atoms with Gasteiger partial charge in [0.1, 0.15) is 24.5 Å². The highest BCUT2D eigenvalue weighted by atomic mass is 16.5. The average molecular weight is 396 g/mol. The first kappa shape index (κ1) is 18.1. The molecule has 0 amide bonds. The van der Waals surface area contributed by atoms with Crippen molar-refractivity contribution in [3.8, 4) is 22.8 Å². The molecule has 1 N–H and O–H groups in total. The molecule has 0 spiro atoms. The van der Waals surface area contributed by atoms with Crippen LogP contribution >= 0.6 is 0 Å². The molecule has 5 rings (SSSR count). The highest BCUT2D eigenvalue weighted by molar-refractivity contribution is 5.70. The molecule has 9 nitrogen and oxygen atoms in total. The molecule has 0 radical (unpaired) electrons. The molecule has 0 aromatic carbocycles. The molecule has 2 aliphatic rings. The number of fused-ring (bicyclic) bond motifs is 1. The maximum absolute atomic E-state index is 5.86. The topological polar surface area (TPSA) is 88.2 Å². The number of ether oxygens (including phenoxy) is 3. The van der Waals surface area contributed by atoms with E-state index in [-0.39, 0.29) is 6.23 Å². The van der Waals surface area contributed by atoms with Crippen molar-refractivity contribution in [2.45, 2.75) is 31.9 Å². The zero-order chi connectivity index (χ0) is 19.6. The molecule has 9 heteroatoms. The molecule has 0 aliphatic carbocycles. The number of nitrogens with zero attached hydrogens (tertiary/aromatic N) is 5. The van der Waals surface area contributed by atoms with Crippen LogP contribution in [0.1, 0.15) is 31.1 Å². The summed E-state index contributed by atoms with van der Waals surface area (Å²) in [4.78, 5) is 4.34. The summed E-state index contributed by atoms with van der Waals surface area (Å²) in [5.74, 6) is 1.51. The number of aromatic nitrogens is 5. The van der Waals surface area contributed by atoms with E-state index >= 15 is 0 Å². The van der Waals surface area contributed by atoms with Gasteiger partial charge >= 0.3 is 0 Å². The van der Waals surface area contributed by atoms with Gasteiger partial charge in [0, 0.05) is 36.4 Å². The van der Waals surface area contributed by atoms with Crippen LogP contribution in [0, 0.1) is 0 Å². The summed E-state index contributed by atoms with van der Waals surface area (Å²) in [5.41, 5.74) is 3.82. The van der Waals surface area contributed by atoms with Crippen molar-refractivity contribution in [3.63, 3.8) is 0 Å². The van der Waals surface area contributed by atoms with Crippen LogP contribution in [0.2, 0.25) is 0 Å². The lowest BCUT2D eigenvalue weighted by atomic mass is 10.1. The van der Waals surface area contributed by atoms with Crippen molar-refractivity contribution in [3.05, 3.63) is 36.3 Å².